The van der Waals surface area contributed by atoms with Crippen molar-refractivity contribution in [3.63, 3.8) is 0 Å². The van der Waals surface area contributed by atoms with Gasteiger partial charge >= 0.3 is 5.97 Å². The Morgan fingerprint density at radius 1 is 0.457 bits per heavy atom. The molecule has 1 aromatic rings. The number of nitrogens with one attached hydrogen (secondary N) is 5. The zero-order chi connectivity index (χ0) is 51.1. The fourth-order valence-corrected chi connectivity index (χ4v) is 5.83. The molecule has 0 aliphatic carbocycles. The number of ketones is 1. The van der Waals surface area contributed by atoms with E-state index in [1.165, 1.54) is 6.92 Å². The number of Topliss-reactive ketones (excluding diaryl/α,β-unsaturated/α-hetero) is 1. The van der Waals surface area contributed by atoms with Crippen LogP contribution in [0.2, 0.25) is 0 Å². The highest BCUT2D eigenvalue weighted by Crippen LogP contribution is 2.14. The van der Waals surface area contributed by atoms with Crippen molar-refractivity contribution in [2.75, 3.05) is 138 Å². The fourth-order valence-electron chi connectivity index (χ4n) is 5.83. The zero-order valence-corrected chi connectivity index (χ0v) is 40.9. The Morgan fingerprint density at radius 3 is 1.29 bits per heavy atom. The maximum Gasteiger partial charge on any atom is 0.326 e. The molecular formula is C47H79N5O18. The average Bonchev–Trinajstić information content (AvgIpc) is 3.34. The SMILES string of the molecule is CC(=O)COCCOCCNC(=O)COCCOCCNC(=O)COCCOCCNC(=O)COCCOCCNC(=O)CCC(NC(=O)CCCCCCCCCOc1ccc(CO)cc1)C(=O)O. The molecular weight excluding hydrogens is 923 g/mol. The van der Waals surface area contributed by atoms with Gasteiger partial charge in [-0.15, -0.1) is 0 Å². The Bertz CT molecular complexity index is 1560. The van der Waals surface area contributed by atoms with Crippen LogP contribution in [0.15, 0.2) is 24.3 Å². The number of hydrogen-bond acceptors (Lipinski definition) is 17. The van der Waals surface area contributed by atoms with E-state index in [4.69, 9.17) is 47.7 Å². The van der Waals surface area contributed by atoms with E-state index >= 15 is 0 Å². The van der Waals surface area contributed by atoms with Gasteiger partial charge in [0.05, 0.1) is 92.5 Å². The summed E-state index contributed by atoms with van der Waals surface area (Å²) in [6.45, 7) is 5.48. The van der Waals surface area contributed by atoms with Crippen LogP contribution in [0.3, 0.4) is 0 Å². The number of hydrogen-bond donors (Lipinski definition) is 7. The molecule has 7 N–H and O–H groups in total. The minimum Gasteiger partial charge on any atom is -0.494 e. The minimum absolute atomic E-state index is 0.00750. The first-order valence-electron chi connectivity index (χ1n) is 24.0. The van der Waals surface area contributed by atoms with Gasteiger partial charge in [-0.05, 0) is 43.9 Å². The molecule has 0 aliphatic rings. The Labute approximate surface area is 411 Å². The molecule has 1 rings (SSSR count). The molecule has 0 bridgehead atoms. The van der Waals surface area contributed by atoms with E-state index in [2.05, 4.69) is 26.6 Å². The summed E-state index contributed by atoms with van der Waals surface area (Å²) >= 11 is 0. The highest BCUT2D eigenvalue weighted by molar-refractivity contribution is 5.84. The number of unbranched alkanes of at least 4 members (excludes halogenated alkanes) is 6. The van der Waals surface area contributed by atoms with Crippen LogP contribution in [0.1, 0.15) is 76.7 Å². The van der Waals surface area contributed by atoms with E-state index in [0.717, 1.165) is 49.8 Å². The number of carbonyl (C=O) groups excluding carboxylic acids is 6. The number of amides is 5. The maximum absolute atomic E-state index is 12.3. The lowest BCUT2D eigenvalue weighted by atomic mass is 10.1. The fraction of sp³-hybridized carbons (Fsp3) is 0.723. The summed E-state index contributed by atoms with van der Waals surface area (Å²) in [5, 5.41) is 31.7. The molecule has 23 nitrogen and oxygen atoms in total. The molecule has 0 fully saturated rings. The van der Waals surface area contributed by atoms with E-state index in [0.29, 0.717) is 39.4 Å². The van der Waals surface area contributed by atoms with Crippen LogP contribution in [0, 0.1) is 0 Å². The Balaban J connectivity index is 1.87. The van der Waals surface area contributed by atoms with Crippen LogP contribution >= 0.6 is 0 Å². The van der Waals surface area contributed by atoms with E-state index in [1.54, 1.807) is 0 Å². The second-order valence-corrected chi connectivity index (χ2v) is 15.6. The van der Waals surface area contributed by atoms with Gasteiger partial charge in [-0.2, -0.15) is 0 Å². The van der Waals surface area contributed by atoms with Gasteiger partial charge in [-0.1, -0.05) is 44.2 Å². The monoisotopic (exact) mass is 1000 g/mol. The van der Waals surface area contributed by atoms with Crippen LogP contribution in [0.25, 0.3) is 0 Å². The molecule has 70 heavy (non-hydrogen) atoms. The Morgan fingerprint density at radius 2 is 0.857 bits per heavy atom. The smallest absolute Gasteiger partial charge is 0.326 e. The molecule has 0 aliphatic heterocycles. The zero-order valence-electron chi connectivity index (χ0n) is 40.9. The summed E-state index contributed by atoms with van der Waals surface area (Å²) in [6.07, 6.45) is 6.67. The number of aliphatic hydroxyl groups excluding tert-OH is 1. The average molecular weight is 1000 g/mol. The molecule has 1 unspecified atom stereocenters. The van der Waals surface area contributed by atoms with Gasteiger partial charge in [0.2, 0.25) is 29.5 Å². The molecule has 0 heterocycles. The molecule has 1 atom stereocenters. The number of aliphatic hydroxyl groups is 1. The first kappa shape index (κ1) is 63.2. The lowest BCUT2D eigenvalue weighted by molar-refractivity contribution is -0.142. The number of carboxylic acids is 1. The van der Waals surface area contributed by atoms with Crippen molar-refractivity contribution in [3.05, 3.63) is 29.8 Å². The van der Waals surface area contributed by atoms with E-state index in [9.17, 15) is 38.7 Å². The molecule has 0 saturated heterocycles. The molecule has 0 radical (unpaired) electrons. The number of rotatable bonds is 49. The second kappa shape index (κ2) is 45.3. The molecule has 0 aromatic heterocycles. The first-order valence-corrected chi connectivity index (χ1v) is 24.0. The van der Waals surface area contributed by atoms with Crippen molar-refractivity contribution in [2.24, 2.45) is 0 Å². The normalized spacial score (nSPS) is 11.4. The number of carbonyl (C=O) groups is 7. The van der Waals surface area contributed by atoms with Crippen LogP contribution in [-0.2, 0) is 78.1 Å². The quantitative estimate of drug-likeness (QED) is 0.0430. The number of carboxylic acid groups (broad SMARTS) is 1. The topological polar surface area (TPSA) is 303 Å². The third-order valence-corrected chi connectivity index (χ3v) is 9.48. The van der Waals surface area contributed by atoms with Gasteiger partial charge in [0.15, 0.2) is 5.78 Å². The first-order chi connectivity index (χ1) is 34.0. The van der Waals surface area contributed by atoms with Crippen LogP contribution in [0.5, 0.6) is 5.75 Å². The third kappa shape index (κ3) is 41.0. The van der Waals surface area contributed by atoms with Gasteiger partial charge in [-0.25, -0.2) is 4.79 Å². The van der Waals surface area contributed by atoms with Gasteiger partial charge in [0.25, 0.3) is 0 Å². The summed E-state index contributed by atoms with van der Waals surface area (Å²) < 4.78 is 48.0. The van der Waals surface area contributed by atoms with Gasteiger partial charge in [0.1, 0.15) is 38.2 Å². The minimum atomic E-state index is -1.20. The van der Waals surface area contributed by atoms with E-state index in [1.807, 2.05) is 24.3 Å². The number of benzene rings is 1. The van der Waals surface area contributed by atoms with Gasteiger partial charge in [0, 0.05) is 39.0 Å². The number of ether oxygens (including phenoxy) is 9. The van der Waals surface area contributed by atoms with Crippen molar-refractivity contribution < 1.29 is 86.4 Å². The summed E-state index contributed by atoms with van der Waals surface area (Å²) in [5.41, 5.74) is 0.844. The van der Waals surface area contributed by atoms with Gasteiger partial charge < -0.3 is 79.4 Å². The summed E-state index contributed by atoms with van der Waals surface area (Å²) in [6, 6.07) is 6.20. The Hall–Kier alpha value is -4.85. The van der Waals surface area contributed by atoms with Crippen molar-refractivity contribution in [1.29, 1.82) is 0 Å². The van der Waals surface area contributed by atoms with E-state index in [-0.39, 0.29) is 167 Å². The maximum atomic E-state index is 12.3. The van der Waals surface area contributed by atoms with Crippen LogP contribution in [0.4, 0.5) is 0 Å². The molecule has 0 saturated carbocycles. The molecule has 23 heteroatoms. The lowest BCUT2D eigenvalue weighted by Gasteiger charge is -2.14. The van der Waals surface area contributed by atoms with Crippen molar-refractivity contribution in [3.8, 4) is 5.75 Å². The van der Waals surface area contributed by atoms with Crippen molar-refractivity contribution >= 4 is 41.3 Å². The van der Waals surface area contributed by atoms with Crippen molar-refractivity contribution in [1.82, 2.24) is 26.6 Å². The predicted molar refractivity (Wildman–Crippen MR) is 253 cm³/mol. The van der Waals surface area contributed by atoms with E-state index < -0.39 is 12.0 Å². The molecule has 1 aromatic carbocycles. The highest BCUT2D eigenvalue weighted by atomic mass is 16.5. The summed E-state index contributed by atoms with van der Waals surface area (Å²) in [5.74, 6) is -2.15. The lowest BCUT2D eigenvalue weighted by Crippen LogP contribution is -2.41. The Kier molecular flexibility index (Phi) is 40.9. The van der Waals surface area contributed by atoms with Crippen molar-refractivity contribution in [2.45, 2.75) is 83.8 Å². The third-order valence-electron chi connectivity index (χ3n) is 9.48. The highest BCUT2D eigenvalue weighted by Gasteiger charge is 2.21. The van der Waals surface area contributed by atoms with Crippen LogP contribution < -0.4 is 31.3 Å². The standard InChI is InChI=1S/C47H79N5O18/c1-38(54)34-66-29-25-63-22-17-49-44(57)36-68-31-27-65-24-19-51-46(59)37-69-32-28-64-23-18-50-45(58)35-67-30-26-62-21-16-48-42(55)15-14-41(47(60)61)52-43(56)9-7-5-3-2-4-6-8-20-70-40-12-10-39(33-53)11-13-40/h10-13,41,53H,2-9,14-37H2,1H3,(H,48,55)(H,49,57)(H,50,58)(H,51,59)(H,52,56)(H,60,61). The number of aliphatic carboxylic acids is 1. The molecule has 400 valence electrons. The molecule has 5 amide bonds. The molecule has 0 spiro atoms. The predicted octanol–water partition coefficient (Wildman–Crippen LogP) is 0.215. The largest absolute Gasteiger partial charge is 0.494 e. The summed E-state index contributed by atoms with van der Waals surface area (Å²) in [4.78, 5) is 82.6. The van der Waals surface area contributed by atoms with Crippen LogP contribution in [-0.4, -0.2) is 196 Å². The summed E-state index contributed by atoms with van der Waals surface area (Å²) in [7, 11) is 0. The second-order valence-electron chi connectivity index (χ2n) is 15.6. The van der Waals surface area contributed by atoms with Gasteiger partial charge in [-0.3, -0.25) is 28.8 Å².